The molecular weight excluding hydrogens is 236 g/mol. The Hall–Kier alpha value is -2.00. The molecule has 0 spiro atoms. The SMILES string of the molecule is NC(CC(=O)O)C(=O)C(C(=O)O)C(N)C(=O)O. The Morgan fingerprint density at radius 2 is 1.41 bits per heavy atom. The summed E-state index contributed by atoms with van der Waals surface area (Å²) < 4.78 is 0. The van der Waals surface area contributed by atoms with Crippen LogP contribution in [-0.4, -0.2) is 51.1 Å². The van der Waals surface area contributed by atoms with Crippen LogP contribution in [0.15, 0.2) is 0 Å². The summed E-state index contributed by atoms with van der Waals surface area (Å²) in [5.74, 6) is -8.14. The molecule has 0 saturated heterocycles. The van der Waals surface area contributed by atoms with Crippen molar-refractivity contribution in [3.8, 4) is 0 Å². The maximum Gasteiger partial charge on any atom is 0.321 e. The molecule has 0 aliphatic heterocycles. The van der Waals surface area contributed by atoms with Crippen LogP contribution in [0.2, 0.25) is 0 Å². The Balaban J connectivity index is 4.95. The van der Waals surface area contributed by atoms with E-state index < -0.39 is 48.1 Å². The van der Waals surface area contributed by atoms with Crippen LogP contribution in [0.4, 0.5) is 0 Å². The Kier molecular flexibility index (Phi) is 5.22. The molecular formula is C8H12N2O7. The first kappa shape index (κ1) is 15.0. The van der Waals surface area contributed by atoms with E-state index in [1.165, 1.54) is 0 Å². The highest BCUT2D eigenvalue weighted by Crippen LogP contribution is 2.09. The third-order valence-electron chi connectivity index (χ3n) is 1.98. The van der Waals surface area contributed by atoms with Gasteiger partial charge in [0.25, 0.3) is 0 Å². The van der Waals surface area contributed by atoms with Gasteiger partial charge >= 0.3 is 17.9 Å². The van der Waals surface area contributed by atoms with Crippen LogP contribution < -0.4 is 11.5 Å². The van der Waals surface area contributed by atoms with Crippen LogP contribution in [-0.2, 0) is 19.2 Å². The zero-order chi connectivity index (χ0) is 13.7. The molecule has 0 fully saturated rings. The summed E-state index contributed by atoms with van der Waals surface area (Å²) in [6.45, 7) is 0. The minimum absolute atomic E-state index is 0.797. The lowest BCUT2D eigenvalue weighted by Crippen LogP contribution is -2.51. The highest BCUT2D eigenvalue weighted by molar-refractivity contribution is 6.05. The van der Waals surface area contributed by atoms with Crippen molar-refractivity contribution in [2.24, 2.45) is 17.4 Å². The van der Waals surface area contributed by atoms with E-state index in [1.54, 1.807) is 0 Å². The maximum absolute atomic E-state index is 11.5. The highest BCUT2D eigenvalue weighted by atomic mass is 16.4. The minimum Gasteiger partial charge on any atom is -0.481 e. The van der Waals surface area contributed by atoms with Crippen LogP contribution in [0.25, 0.3) is 0 Å². The van der Waals surface area contributed by atoms with E-state index in [1.807, 2.05) is 0 Å². The summed E-state index contributed by atoms with van der Waals surface area (Å²) in [4.78, 5) is 42.9. The first-order chi connectivity index (χ1) is 7.68. The van der Waals surface area contributed by atoms with Crippen LogP contribution >= 0.6 is 0 Å². The predicted octanol–water partition coefficient (Wildman–Crippen LogP) is -2.53. The third kappa shape index (κ3) is 4.17. The maximum atomic E-state index is 11.5. The Bertz CT molecular complexity index is 354. The van der Waals surface area contributed by atoms with Crippen molar-refractivity contribution < 1.29 is 34.5 Å². The first-order valence-corrected chi connectivity index (χ1v) is 4.40. The van der Waals surface area contributed by atoms with Crippen molar-refractivity contribution in [3.63, 3.8) is 0 Å². The minimum atomic E-state index is -2.07. The van der Waals surface area contributed by atoms with Crippen LogP contribution in [0.3, 0.4) is 0 Å². The fraction of sp³-hybridized carbons (Fsp3) is 0.500. The van der Waals surface area contributed by atoms with Gasteiger partial charge in [0.15, 0.2) is 5.78 Å². The van der Waals surface area contributed by atoms with Gasteiger partial charge in [0.1, 0.15) is 12.0 Å². The molecule has 0 aliphatic carbocycles. The molecule has 0 saturated carbocycles. The molecule has 0 bridgehead atoms. The largest absolute Gasteiger partial charge is 0.481 e. The second kappa shape index (κ2) is 5.92. The topological polar surface area (TPSA) is 181 Å². The molecule has 3 unspecified atom stereocenters. The van der Waals surface area contributed by atoms with Gasteiger partial charge in [-0.2, -0.15) is 0 Å². The standard InChI is InChI=1S/C8H12N2O7/c9-2(1-3(11)12)6(13)4(7(14)15)5(10)8(16)17/h2,4-5H,1,9-10H2,(H,11,12)(H,14,15)(H,16,17). The number of hydrogen-bond acceptors (Lipinski definition) is 6. The van der Waals surface area contributed by atoms with Gasteiger partial charge in [0, 0.05) is 0 Å². The van der Waals surface area contributed by atoms with Gasteiger partial charge in [-0.15, -0.1) is 0 Å². The first-order valence-electron chi connectivity index (χ1n) is 4.40. The van der Waals surface area contributed by atoms with E-state index in [-0.39, 0.29) is 0 Å². The van der Waals surface area contributed by atoms with Crippen LogP contribution in [0.5, 0.6) is 0 Å². The zero-order valence-corrected chi connectivity index (χ0v) is 8.57. The molecule has 0 aromatic heterocycles. The molecule has 0 amide bonds. The number of carbonyl (C=O) groups is 4. The average molecular weight is 248 g/mol. The lowest BCUT2D eigenvalue weighted by molar-refractivity contribution is -0.154. The van der Waals surface area contributed by atoms with Gasteiger partial charge in [-0.3, -0.25) is 19.2 Å². The van der Waals surface area contributed by atoms with Crippen molar-refractivity contribution in [2.45, 2.75) is 18.5 Å². The molecule has 0 aromatic rings. The highest BCUT2D eigenvalue weighted by Gasteiger charge is 2.39. The monoisotopic (exact) mass is 248 g/mol. The normalized spacial score (nSPS) is 15.6. The summed E-state index contributed by atoms with van der Waals surface area (Å²) in [5, 5.41) is 25.6. The van der Waals surface area contributed by atoms with Gasteiger partial charge in [-0.1, -0.05) is 0 Å². The number of rotatable bonds is 7. The van der Waals surface area contributed by atoms with E-state index in [0.29, 0.717) is 0 Å². The average Bonchev–Trinajstić information content (AvgIpc) is 2.15. The molecule has 17 heavy (non-hydrogen) atoms. The molecule has 3 atom stereocenters. The summed E-state index contributed by atoms with van der Waals surface area (Å²) in [6.07, 6.45) is -0.797. The molecule has 0 radical (unpaired) electrons. The smallest absolute Gasteiger partial charge is 0.321 e. The molecule has 9 nitrogen and oxygen atoms in total. The molecule has 96 valence electrons. The second-order valence-electron chi connectivity index (χ2n) is 3.29. The molecule has 0 rings (SSSR count). The summed E-state index contributed by atoms with van der Waals surface area (Å²) in [5.41, 5.74) is 10.2. The summed E-state index contributed by atoms with van der Waals surface area (Å²) >= 11 is 0. The van der Waals surface area contributed by atoms with Gasteiger partial charge in [-0.05, 0) is 0 Å². The number of carboxylic acids is 3. The number of nitrogens with two attached hydrogens (primary N) is 2. The lowest BCUT2D eigenvalue weighted by Gasteiger charge is -2.18. The van der Waals surface area contributed by atoms with Crippen molar-refractivity contribution in [3.05, 3.63) is 0 Å². The zero-order valence-electron chi connectivity index (χ0n) is 8.57. The lowest BCUT2D eigenvalue weighted by atomic mass is 9.90. The summed E-state index contributed by atoms with van der Waals surface area (Å²) in [7, 11) is 0. The van der Waals surface area contributed by atoms with Crippen LogP contribution in [0.1, 0.15) is 6.42 Å². The predicted molar refractivity (Wildman–Crippen MR) is 52.0 cm³/mol. The van der Waals surface area contributed by atoms with Crippen LogP contribution in [0, 0.1) is 5.92 Å². The van der Waals surface area contributed by atoms with Gasteiger partial charge < -0.3 is 26.8 Å². The quantitative estimate of drug-likeness (QED) is 0.303. The molecule has 0 aromatic carbocycles. The summed E-state index contributed by atoms with van der Waals surface area (Å²) in [6, 6.07) is -3.58. The Labute approximate surface area is 95.0 Å². The van der Waals surface area contributed by atoms with E-state index >= 15 is 0 Å². The number of carbonyl (C=O) groups excluding carboxylic acids is 1. The van der Waals surface area contributed by atoms with Gasteiger partial charge in [-0.25, -0.2) is 0 Å². The van der Waals surface area contributed by atoms with E-state index in [0.717, 1.165) is 0 Å². The molecule has 7 N–H and O–H groups in total. The van der Waals surface area contributed by atoms with E-state index in [9.17, 15) is 19.2 Å². The van der Waals surface area contributed by atoms with Crippen molar-refractivity contribution in [1.82, 2.24) is 0 Å². The van der Waals surface area contributed by atoms with Gasteiger partial charge in [0.2, 0.25) is 0 Å². The Morgan fingerprint density at radius 1 is 0.941 bits per heavy atom. The molecule has 0 heterocycles. The molecule has 0 aliphatic rings. The number of hydrogen-bond donors (Lipinski definition) is 5. The van der Waals surface area contributed by atoms with Gasteiger partial charge in [0.05, 0.1) is 12.5 Å². The van der Waals surface area contributed by atoms with Crippen molar-refractivity contribution >= 4 is 23.7 Å². The number of carboxylic acid groups (broad SMARTS) is 3. The van der Waals surface area contributed by atoms with E-state index in [4.69, 9.17) is 26.8 Å². The van der Waals surface area contributed by atoms with E-state index in [2.05, 4.69) is 0 Å². The Morgan fingerprint density at radius 3 is 1.71 bits per heavy atom. The fourth-order valence-electron chi connectivity index (χ4n) is 1.11. The van der Waals surface area contributed by atoms with Crippen molar-refractivity contribution in [1.29, 1.82) is 0 Å². The fourth-order valence-corrected chi connectivity index (χ4v) is 1.11. The molecule has 9 heteroatoms. The number of Topliss-reactive ketones (excluding diaryl/α,β-unsaturated/α-hetero) is 1. The van der Waals surface area contributed by atoms with Crippen molar-refractivity contribution in [2.75, 3.05) is 0 Å². The number of aliphatic carboxylic acids is 3. The second-order valence-corrected chi connectivity index (χ2v) is 3.29. The number of ketones is 1. The third-order valence-corrected chi connectivity index (χ3v) is 1.98.